The first-order valence-corrected chi connectivity index (χ1v) is 10.9. The number of ether oxygens (including phenoxy) is 1. The highest BCUT2D eigenvalue weighted by Crippen LogP contribution is 2.26. The number of benzene rings is 1. The number of nitrogens with zero attached hydrogens (tertiary/aromatic N) is 2. The molecular weight excluding hydrogens is 364 g/mol. The number of thiazole rings is 1. The molecule has 3 rings (SSSR count). The van der Waals surface area contributed by atoms with Crippen molar-refractivity contribution in [1.82, 2.24) is 15.6 Å². The number of rotatable bonds is 7. The number of nitrogens with one attached hydrogen (secondary N) is 2. The summed E-state index contributed by atoms with van der Waals surface area (Å²) in [5.41, 5.74) is 2.10. The maximum absolute atomic E-state index is 5.21. The van der Waals surface area contributed by atoms with Gasteiger partial charge in [0.25, 0.3) is 0 Å². The lowest BCUT2D eigenvalue weighted by atomic mass is 10.2. The summed E-state index contributed by atoms with van der Waals surface area (Å²) < 4.78 is 5.21. The van der Waals surface area contributed by atoms with E-state index in [1.165, 1.54) is 18.6 Å². The van der Waals surface area contributed by atoms with Crippen LogP contribution in [0, 0.1) is 0 Å². The van der Waals surface area contributed by atoms with Gasteiger partial charge in [-0.1, -0.05) is 0 Å². The van der Waals surface area contributed by atoms with E-state index in [1.54, 1.807) is 18.4 Å². The summed E-state index contributed by atoms with van der Waals surface area (Å²) >= 11 is 3.71. The maximum Gasteiger partial charge on any atom is 0.191 e. The molecule has 1 unspecified atom stereocenters. The highest BCUT2D eigenvalue weighted by atomic mass is 32.2. The van der Waals surface area contributed by atoms with Crippen LogP contribution in [0.4, 0.5) is 0 Å². The molecule has 0 aliphatic carbocycles. The Hall–Kier alpha value is -1.73. The summed E-state index contributed by atoms with van der Waals surface area (Å²) in [6.07, 6.45) is 2.63. The van der Waals surface area contributed by atoms with E-state index in [9.17, 15) is 0 Å². The third-order valence-electron chi connectivity index (χ3n) is 4.15. The highest BCUT2D eigenvalue weighted by molar-refractivity contribution is 8.00. The standard InChI is InChI=1S/C19H26N4OS2/c1-3-20-19(22-12-17-5-4-10-25-17)21-11-15-13-26-18(23-15)14-6-8-16(24-2)9-7-14/h6-9,13,17H,3-5,10-12H2,1-2H3,(H2,20,21,22). The van der Waals surface area contributed by atoms with Crippen molar-refractivity contribution in [2.45, 2.75) is 31.6 Å². The largest absolute Gasteiger partial charge is 0.497 e. The van der Waals surface area contributed by atoms with Crippen molar-refractivity contribution in [2.75, 3.05) is 26.0 Å². The monoisotopic (exact) mass is 390 g/mol. The molecule has 1 aromatic heterocycles. The van der Waals surface area contributed by atoms with Gasteiger partial charge < -0.3 is 15.4 Å². The molecular formula is C19H26N4OS2. The number of methoxy groups -OCH3 is 1. The lowest BCUT2D eigenvalue weighted by molar-refractivity contribution is 0.415. The van der Waals surface area contributed by atoms with Gasteiger partial charge in [0.1, 0.15) is 10.8 Å². The molecule has 140 valence electrons. The van der Waals surface area contributed by atoms with Gasteiger partial charge in [0.05, 0.1) is 19.3 Å². The van der Waals surface area contributed by atoms with E-state index < -0.39 is 0 Å². The molecule has 2 N–H and O–H groups in total. The first-order valence-electron chi connectivity index (χ1n) is 9.01. The first kappa shape index (κ1) is 19.0. The molecule has 1 saturated heterocycles. The molecule has 1 aliphatic rings. The summed E-state index contributed by atoms with van der Waals surface area (Å²) in [4.78, 5) is 9.40. The minimum Gasteiger partial charge on any atom is -0.497 e. The molecule has 0 spiro atoms. The fourth-order valence-corrected chi connectivity index (χ4v) is 4.78. The van der Waals surface area contributed by atoms with E-state index in [-0.39, 0.29) is 0 Å². The summed E-state index contributed by atoms with van der Waals surface area (Å²) in [5, 5.41) is 10.6. The lowest BCUT2D eigenvalue weighted by Gasteiger charge is -2.14. The van der Waals surface area contributed by atoms with E-state index in [2.05, 4.69) is 39.7 Å². The Balaban J connectivity index is 1.59. The molecule has 2 aromatic rings. The van der Waals surface area contributed by atoms with Crippen LogP contribution in [-0.2, 0) is 6.54 Å². The molecule has 7 heteroatoms. The van der Waals surface area contributed by atoms with Crippen LogP contribution in [0.25, 0.3) is 10.6 Å². The van der Waals surface area contributed by atoms with E-state index in [0.717, 1.165) is 41.1 Å². The Labute approximate surface area is 163 Å². The minimum absolute atomic E-state index is 0.583. The van der Waals surface area contributed by atoms with Crippen molar-refractivity contribution < 1.29 is 4.74 Å². The van der Waals surface area contributed by atoms with Crippen LogP contribution < -0.4 is 15.4 Å². The van der Waals surface area contributed by atoms with E-state index in [0.29, 0.717) is 11.8 Å². The van der Waals surface area contributed by atoms with Gasteiger partial charge in [-0.3, -0.25) is 0 Å². The molecule has 0 saturated carbocycles. The normalized spacial score (nSPS) is 17.3. The van der Waals surface area contributed by atoms with E-state index >= 15 is 0 Å². The van der Waals surface area contributed by atoms with Crippen molar-refractivity contribution in [2.24, 2.45) is 4.99 Å². The molecule has 1 aromatic carbocycles. The van der Waals surface area contributed by atoms with Crippen molar-refractivity contribution in [3.63, 3.8) is 0 Å². The third-order valence-corrected chi connectivity index (χ3v) is 6.49. The van der Waals surface area contributed by atoms with Crippen LogP contribution in [0.1, 0.15) is 25.5 Å². The van der Waals surface area contributed by atoms with Gasteiger partial charge in [-0.05, 0) is 49.8 Å². The van der Waals surface area contributed by atoms with Crippen LogP contribution in [0.3, 0.4) is 0 Å². The SMILES string of the molecule is CCNC(=NCc1csc(-c2ccc(OC)cc2)n1)NCC1CCCS1. The van der Waals surface area contributed by atoms with Crippen molar-refractivity contribution >= 4 is 29.1 Å². The quantitative estimate of drug-likeness (QED) is 0.557. The smallest absolute Gasteiger partial charge is 0.191 e. The summed E-state index contributed by atoms with van der Waals surface area (Å²) in [5.74, 6) is 3.02. The Bertz CT molecular complexity index is 709. The third kappa shape index (κ3) is 5.38. The zero-order chi connectivity index (χ0) is 18.2. The van der Waals surface area contributed by atoms with Crippen LogP contribution in [0.2, 0.25) is 0 Å². The number of thioether (sulfide) groups is 1. The molecule has 2 heterocycles. The Morgan fingerprint density at radius 1 is 1.31 bits per heavy atom. The van der Waals surface area contributed by atoms with Gasteiger partial charge >= 0.3 is 0 Å². The van der Waals surface area contributed by atoms with Crippen molar-refractivity contribution in [1.29, 1.82) is 0 Å². The first-order chi connectivity index (χ1) is 12.8. The Morgan fingerprint density at radius 2 is 2.15 bits per heavy atom. The number of hydrogen-bond donors (Lipinski definition) is 2. The second-order valence-corrected chi connectivity index (χ2v) is 8.35. The molecule has 0 amide bonds. The molecule has 0 bridgehead atoms. The number of guanidine groups is 1. The van der Waals surface area contributed by atoms with Crippen LogP contribution in [-0.4, -0.2) is 42.1 Å². The molecule has 1 aliphatic heterocycles. The summed E-state index contributed by atoms with van der Waals surface area (Å²) in [7, 11) is 1.68. The Kier molecular flexibility index (Phi) is 7.20. The topological polar surface area (TPSA) is 58.5 Å². The second kappa shape index (κ2) is 9.83. The van der Waals surface area contributed by atoms with Gasteiger partial charge in [-0.15, -0.1) is 11.3 Å². The fraction of sp³-hybridized carbons (Fsp3) is 0.474. The second-order valence-electron chi connectivity index (χ2n) is 6.08. The zero-order valence-corrected chi connectivity index (χ0v) is 17.0. The summed E-state index contributed by atoms with van der Waals surface area (Å²) in [6, 6.07) is 8.00. The zero-order valence-electron chi connectivity index (χ0n) is 15.3. The van der Waals surface area contributed by atoms with Crippen molar-refractivity contribution in [3.8, 4) is 16.3 Å². The predicted octanol–water partition coefficient (Wildman–Crippen LogP) is 3.77. The number of hydrogen-bond acceptors (Lipinski definition) is 5. The van der Waals surface area contributed by atoms with Crippen LogP contribution in [0.5, 0.6) is 5.75 Å². The molecule has 1 atom stereocenters. The van der Waals surface area contributed by atoms with Crippen LogP contribution in [0.15, 0.2) is 34.6 Å². The number of aliphatic imine (C=N–C) groups is 1. The van der Waals surface area contributed by atoms with Gasteiger partial charge in [0.2, 0.25) is 0 Å². The highest BCUT2D eigenvalue weighted by Gasteiger charge is 2.15. The Morgan fingerprint density at radius 3 is 2.85 bits per heavy atom. The average molecular weight is 391 g/mol. The molecule has 1 fully saturated rings. The lowest BCUT2D eigenvalue weighted by Crippen LogP contribution is -2.40. The van der Waals surface area contributed by atoms with Crippen molar-refractivity contribution in [3.05, 3.63) is 35.3 Å². The predicted molar refractivity (Wildman–Crippen MR) is 112 cm³/mol. The molecule has 26 heavy (non-hydrogen) atoms. The molecule has 5 nitrogen and oxygen atoms in total. The van der Waals surface area contributed by atoms with Gasteiger partial charge in [0.15, 0.2) is 5.96 Å². The molecule has 0 radical (unpaired) electrons. The maximum atomic E-state index is 5.21. The number of aromatic nitrogens is 1. The minimum atomic E-state index is 0.583. The average Bonchev–Trinajstić information content (AvgIpc) is 3.36. The van der Waals surface area contributed by atoms with Gasteiger partial charge in [-0.2, -0.15) is 11.8 Å². The fourth-order valence-electron chi connectivity index (χ4n) is 2.76. The van der Waals surface area contributed by atoms with E-state index in [4.69, 9.17) is 9.72 Å². The van der Waals surface area contributed by atoms with E-state index in [1.807, 2.05) is 24.3 Å². The van der Waals surface area contributed by atoms with Gasteiger partial charge in [-0.25, -0.2) is 9.98 Å². The summed E-state index contributed by atoms with van der Waals surface area (Å²) in [6.45, 7) is 4.51. The van der Waals surface area contributed by atoms with Crippen LogP contribution >= 0.6 is 23.1 Å². The van der Waals surface area contributed by atoms with Gasteiger partial charge in [0, 0.05) is 29.3 Å².